The largest absolute Gasteiger partial charge is 0.452 e. The molecule has 80 valence electrons. The van der Waals surface area contributed by atoms with Crippen molar-refractivity contribution in [2.24, 2.45) is 0 Å². The number of rotatable bonds is 4. The van der Waals surface area contributed by atoms with Gasteiger partial charge in [0.1, 0.15) is 0 Å². The standard InChI is InChI=1S/C11H13NO3/c1-2-12-10(13)8-15-11(14)9-6-4-3-5-7-9/h3-7H,2,8H2,1H3,(H,12,13). The number of hydrogen-bond donors (Lipinski definition) is 1. The molecule has 0 heterocycles. The Morgan fingerprint density at radius 1 is 1.27 bits per heavy atom. The molecule has 0 saturated heterocycles. The van der Waals surface area contributed by atoms with Crippen LogP contribution in [0.3, 0.4) is 0 Å². The second kappa shape index (κ2) is 5.80. The highest BCUT2D eigenvalue weighted by Crippen LogP contribution is 2.00. The summed E-state index contributed by atoms with van der Waals surface area (Å²) in [6, 6.07) is 8.56. The Labute approximate surface area is 88.2 Å². The van der Waals surface area contributed by atoms with E-state index in [2.05, 4.69) is 5.32 Å². The van der Waals surface area contributed by atoms with Gasteiger partial charge >= 0.3 is 5.97 Å². The number of benzene rings is 1. The van der Waals surface area contributed by atoms with E-state index < -0.39 is 5.97 Å². The van der Waals surface area contributed by atoms with E-state index in [1.807, 2.05) is 0 Å². The maximum absolute atomic E-state index is 11.4. The van der Waals surface area contributed by atoms with Gasteiger partial charge in [-0.15, -0.1) is 0 Å². The zero-order chi connectivity index (χ0) is 11.1. The Balaban J connectivity index is 2.40. The van der Waals surface area contributed by atoms with Crippen LogP contribution >= 0.6 is 0 Å². The van der Waals surface area contributed by atoms with Crippen LogP contribution < -0.4 is 5.32 Å². The normalized spacial score (nSPS) is 9.40. The van der Waals surface area contributed by atoms with E-state index in [1.54, 1.807) is 37.3 Å². The molecule has 0 spiro atoms. The van der Waals surface area contributed by atoms with Gasteiger partial charge in [-0.2, -0.15) is 0 Å². The van der Waals surface area contributed by atoms with Crippen molar-refractivity contribution in [2.45, 2.75) is 6.92 Å². The molecule has 1 amide bonds. The fourth-order valence-electron chi connectivity index (χ4n) is 1.04. The van der Waals surface area contributed by atoms with Crippen molar-refractivity contribution < 1.29 is 14.3 Å². The van der Waals surface area contributed by atoms with E-state index in [1.165, 1.54) is 0 Å². The first-order chi connectivity index (χ1) is 7.24. The lowest BCUT2D eigenvalue weighted by Gasteiger charge is -2.04. The van der Waals surface area contributed by atoms with Crippen molar-refractivity contribution in [2.75, 3.05) is 13.2 Å². The molecule has 0 aliphatic carbocycles. The monoisotopic (exact) mass is 207 g/mol. The lowest BCUT2D eigenvalue weighted by atomic mass is 10.2. The molecule has 4 heteroatoms. The van der Waals surface area contributed by atoms with Crippen LogP contribution in [0, 0.1) is 0 Å². The smallest absolute Gasteiger partial charge is 0.338 e. The van der Waals surface area contributed by atoms with Crippen LogP contribution in [0.5, 0.6) is 0 Å². The average molecular weight is 207 g/mol. The molecule has 1 aromatic rings. The Bertz CT molecular complexity index is 335. The SMILES string of the molecule is CCNC(=O)COC(=O)c1ccccc1. The van der Waals surface area contributed by atoms with Crippen molar-refractivity contribution in [1.82, 2.24) is 5.32 Å². The molecule has 1 aromatic carbocycles. The predicted octanol–water partition coefficient (Wildman–Crippen LogP) is 0.979. The molecule has 1 N–H and O–H groups in total. The number of ether oxygens (including phenoxy) is 1. The maximum atomic E-state index is 11.4. The first-order valence-electron chi connectivity index (χ1n) is 4.73. The number of nitrogens with one attached hydrogen (secondary N) is 1. The van der Waals surface area contributed by atoms with Gasteiger partial charge in [0.15, 0.2) is 6.61 Å². The molecule has 0 aromatic heterocycles. The summed E-state index contributed by atoms with van der Waals surface area (Å²) in [6.07, 6.45) is 0. The number of esters is 1. The Morgan fingerprint density at radius 3 is 2.53 bits per heavy atom. The summed E-state index contributed by atoms with van der Waals surface area (Å²) in [4.78, 5) is 22.3. The quantitative estimate of drug-likeness (QED) is 0.749. The molecule has 4 nitrogen and oxygen atoms in total. The zero-order valence-corrected chi connectivity index (χ0v) is 8.53. The van der Waals surface area contributed by atoms with Gasteiger partial charge in [-0.05, 0) is 19.1 Å². The van der Waals surface area contributed by atoms with Crippen LogP contribution in [0.1, 0.15) is 17.3 Å². The summed E-state index contributed by atoms with van der Waals surface area (Å²) in [7, 11) is 0. The number of hydrogen-bond acceptors (Lipinski definition) is 3. The van der Waals surface area contributed by atoms with E-state index in [0.29, 0.717) is 12.1 Å². The summed E-state index contributed by atoms with van der Waals surface area (Å²) in [6.45, 7) is 2.10. The van der Waals surface area contributed by atoms with Gasteiger partial charge in [0.2, 0.25) is 0 Å². The van der Waals surface area contributed by atoms with Crippen LogP contribution in [-0.4, -0.2) is 25.0 Å². The summed E-state index contributed by atoms with van der Waals surface area (Å²) in [5.41, 5.74) is 0.446. The third-order valence-electron chi connectivity index (χ3n) is 1.72. The summed E-state index contributed by atoms with van der Waals surface area (Å²) < 4.78 is 4.79. The summed E-state index contributed by atoms with van der Waals surface area (Å²) >= 11 is 0. The van der Waals surface area contributed by atoms with Crippen LogP contribution in [0.2, 0.25) is 0 Å². The zero-order valence-electron chi connectivity index (χ0n) is 8.53. The van der Waals surface area contributed by atoms with E-state index in [4.69, 9.17) is 4.74 Å². The second-order valence-electron chi connectivity index (χ2n) is 2.90. The predicted molar refractivity (Wildman–Crippen MR) is 55.4 cm³/mol. The highest BCUT2D eigenvalue weighted by molar-refractivity contribution is 5.91. The molecule has 15 heavy (non-hydrogen) atoms. The second-order valence-corrected chi connectivity index (χ2v) is 2.90. The van der Waals surface area contributed by atoms with Crippen LogP contribution in [0.15, 0.2) is 30.3 Å². The first kappa shape index (κ1) is 11.2. The summed E-state index contributed by atoms with van der Waals surface area (Å²) in [5, 5.41) is 2.54. The van der Waals surface area contributed by atoms with Gasteiger partial charge in [-0.25, -0.2) is 4.79 Å². The third kappa shape index (κ3) is 3.81. The fraction of sp³-hybridized carbons (Fsp3) is 0.273. The Kier molecular flexibility index (Phi) is 4.34. The number of carbonyl (C=O) groups is 2. The van der Waals surface area contributed by atoms with E-state index in [0.717, 1.165) is 0 Å². The Morgan fingerprint density at radius 2 is 1.93 bits per heavy atom. The number of likely N-dealkylation sites (N-methyl/N-ethyl adjacent to an activating group) is 1. The summed E-state index contributed by atoms with van der Waals surface area (Å²) in [5.74, 6) is -0.774. The fourth-order valence-corrected chi connectivity index (χ4v) is 1.04. The van der Waals surface area contributed by atoms with Crippen molar-refractivity contribution in [3.05, 3.63) is 35.9 Å². The molecule has 0 fully saturated rings. The molecular weight excluding hydrogens is 194 g/mol. The molecule has 0 bridgehead atoms. The highest BCUT2D eigenvalue weighted by Gasteiger charge is 2.08. The molecule has 0 unspecified atom stereocenters. The van der Waals surface area contributed by atoms with Crippen molar-refractivity contribution in [1.29, 1.82) is 0 Å². The Hall–Kier alpha value is -1.84. The molecule has 0 atom stereocenters. The van der Waals surface area contributed by atoms with Gasteiger partial charge in [0.25, 0.3) is 5.91 Å². The lowest BCUT2D eigenvalue weighted by molar-refractivity contribution is -0.124. The van der Waals surface area contributed by atoms with Gasteiger partial charge in [0.05, 0.1) is 5.56 Å². The first-order valence-corrected chi connectivity index (χ1v) is 4.73. The lowest BCUT2D eigenvalue weighted by Crippen LogP contribution is -2.28. The van der Waals surface area contributed by atoms with Crippen molar-refractivity contribution >= 4 is 11.9 Å². The van der Waals surface area contributed by atoms with E-state index >= 15 is 0 Å². The van der Waals surface area contributed by atoms with Gasteiger partial charge < -0.3 is 10.1 Å². The van der Waals surface area contributed by atoms with Gasteiger partial charge in [0, 0.05) is 6.54 Å². The molecule has 1 rings (SSSR count). The maximum Gasteiger partial charge on any atom is 0.338 e. The minimum absolute atomic E-state index is 0.235. The number of carbonyl (C=O) groups excluding carboxylic acids is 2. The van der Waals surface area contributed by atoms with Gasteiger partial charge in [-0.3, -0.25) is 4.79 Å². The molecular formula is C11H13NO3. The topological polar surface area (TPSA) is 55.4 Å². The average Bonchev–Trinajstić information content (AvgIpc) is 2.27. The highest BCUT2D eigenvalue weighted by atomic mass is 16.5. The van der Waals surface area contributed by atoms with Crippen LogP contribution in [0.4, 0.5) is 0 Å². The van der Waals surface area contributed by atoms with E-state index in [9.17, 15) is 9.59 Å². The molecule has 0 aliphatic heterocycles. The van der Waals surface area contributed by atoms with E-state index in [-0.39, 0.29) is 12.5 Å². The molecule has 0 saturated carbocycles. The minimum atomic E-state index is -0.484. The van der Waals surface area contributed by atoms with Crippen molar-refractivity contribution in [3.8, 4) is 0 Å². The van der Waals surface area contributed by atoms with Gasteiger partial charge in [-0.1, -0.05) is 18.2 Å². The molecule has 0 aliphatic rings. The van der Waals surface area contributed by atoms with Crippen LogP contribution in [-0.2, 0) is 9.53 Å². The minimum Gasteiger partial charge on any atom is -0.452 e. The van der Waals surface area contributed by atoms with Crippen LogP contribution in [0.25, 0.3) is 0 Å². The third-order valence-corrected chi connectivity index (χ3v) is 1.72. The van der Waals surface area contributed by atoms with Crippen molar-refractivity contribution in [3.63, 3.8) is 0 Å². The number of amides is 1. The molecule has 0 radical (unpaired) electrons.